The summed E-state index contributed by atoms with van der Waals surface area (Å²) in [6.45, 7) is 2.97. The Balaban J connectivity index is 1.37. The van der Waals surface area contributed by atoms with Gasteiger partial charge in [-0.1, -0.05) is 36.2 Å². The van der Waals surface area contributed by atoms with Crippen LogP contribution in [-0.4, -0.2) is 41.5 Å². The minimum atomic E-state index is -0.831. The van der Waals surface area contributed by atoms with Crippen molar-refractivity contribution in [2.75, 3.05) is 29.9 Å². The van der Waals surface area contributed by atoms with E-state index in [1.54, 1.807) is 29.6 Å². The molecule has 0 unspecified atom stereocenters. The summed E-state index contributed by atoms with van der Waals surface area (Å²) in [7, 11) is 0. The number of nitrogens with one attached hydrogen (secondary N) is 1. The Labute approximate surface area is 221 Å². The third kappa shape index (κ3) is 6.13. The van der Waals surface area contributed by atoms with Gasteiger partial charge in [-0.25, -0.2) is 9.78 Å². The van der Waals surface area contributed by atoms with E-state index in [1.807, 2.05) is 4.90 Å². The summed E-state index contributed by atoms with van der Waals surface area (Å²) in [5, 5.41) is 17.1. The topological polar surface area (TPSA) is 115 Å². The predicted octanol–water partition coefficient (Wildman–Crippen LogP) is 6.06. The van der Waals surface area contributed by atoms with Crippen molar-refractivity contribution in [3.63, 3.8) is 0 Å². The van der Waals surface area contributed by atoms with E-state index in [-0.39, 0.29) is 11.3 Å². The number of thiazole rings is 1. The van der Waals surface area contributed by atoms with Gasteiger partial charge in [0.15, 0.2) is 11.7 Å². The number of nitro benzene ring substituents is 1. The highest BCUT2D eigenvalue weighted by Gasteiger charge is 2.25. The molecule has 1 aliphatic heterocycles. The third-order valence-electron chi connectivity index (χ3n) is 5.71. The van der Waals surface area contributed by atoms with Crippen LogP contribution in [0.2, 0.25) is 10.0 Å². The number of amides is 1. The molecule has 2 heterocycles. The fourth-order valence-corrected chi connectivity index (χ4v) is 5.00. The monoisotopic (exact) mass is 548 g/mol. The molecule has 1 amide bonds. The molecule has 0 saturated carbocycles. The van der Waals surface area contributed by atoms with Crippen LogP contribution in [0.1, 0.15) is 30.1 Å². The summed E-state index contributed by atoms with van der Waals surface area (Å²) < 4.78 is 5.08. The van der Waals surface area contributed by atoms with E-state index >= 15 is 0 Å². The molecular weight excluding hydrogens is 527 g/mol. The summed E-state index contributed by atoms with van der Waals surface area (Å²) in [4.78, 5) is 42.2. The normalized spacial score (nSPS) is 15.4. The van der Waals surface area contributed by atoms with Crippen LogP contribution in [-0.2, 0) is 9.53 Å². The molecule has 36 heavy (non-hydrogen) atoms. The average Bonchev–Trinajstić information content (AvgIpc) is 3.32. The molecule has 1 aliphatic rings. The molecule has 1 atom stereocenters. The predicted molar refractivity (Wildman–Crippen MR) is 140 cm³/mol. The van der Waals surface area contributed by atoms with Gasteiger partial charge < -0.3 is 9.64 Å². The minimum Gasteiger partial charge on any atom is -0.452 e. The zero-order chi connectivity index (χ0) is 25.8. The number of anilines is 2. The van der Waals surface area contributed by atoms with E-state index < -0.39 is 23.4 Å². The molecule has 188 valence electrons. The van der Waals surface area contributed by atoms with Crippen LogP contribution < -0.4 is 10.2 Å². The Bertz CT molecular complexity index is 1320. The first-order valence-corrected chi connectivity index (χ1v) is 12.8. The Kier molecular flexibility index (Phi) is 8.07. The molecule has 3 aromatic rings. The molecule has 0 radical (unpaired) electrons. The summed E-state index contributed by atoms with van der Waals surface area (Å²) in [6, 6.07) is 9.31. The molecule has 0 spiro atoms. The Morgan fingerprint density at radius 3 is 2.78 bits per heavy atom. The van der Waals surface area contributed by atoms with Crippen molar-refractivity contribution in [1.82, 2.24) is 4.98 Å². The number of aromatic nitrogens is 1. The van der Waals surface area contributed by atoms with Crippen LogP contribution in [0.5, 0.6) is 0 Å². The Hall–Kier alpha value is -3.21. The van der Waals surface area contributed by atoms with Gasteiger partial charge in [0.1, 0.15) is 5.69 Å². The van der Waals surface area contributed by atoms with Gasteiger partial charge >= 0.3 is 5.97 Å². The molecule has 4 rings (SSSR count). The van der Waals surface area contributed by atoms with Gasteiger partial charge in [0.05, 0.1) is 26.2 Å². The van der Waals surface area contributed by atoms with Crippen molar-refractivity contribution in [2.24, 2.45) is 5.92 Å². The number of ether oxygens (including phenoxy) is 1. The highest BCUT2D eigenvalue weighted by atomic mass is 35.5. The van der Waals surface area contributed by atoms with Gasteiger partial charge in [-0.3, -0.25) is 20.2 Å². The summed E-state index contributed by atoms with van der Waals surface area (Å²) in [6.07, 6.45) is 2.03. The molecule has 0 aliphatic carbocycles. The minimum absolute atomic E-state index is 0.000500. The van der Waals surface area contributed by atoms with Crippen LogP contribution in [0.4, 0.5) is 16.5 Å². The second-order valence-electron chi connectivity index (χ2n) is 8.45. The smallest absolute Gasteiger partial charge is 0.338 e. The molecule has 0 bridgehead atoms. The SMILES string of the molecule is C[C@@H]1CCCN(c2ccc(C(=O)OCC(=O)Nc3nc(-c4ccc(Cl)c(Cl)c4)cs3)cc2[N+](=O)[O-])C1. The van der Waals surface area contributed by atoms with Crippen molar-refractivity contribution in [2.45, 2.75) is 19.8 Å². The molecular formula is C24H22Cl2N4O5S. The number of halogens is 2. The van der Waals surface area contributed by atoms with E-state index in [9.17, 15) is 19.7 Å². The maximum atomic E-state index is 12.5. The van der Waals surface area contributed by atoms with Gasteiger partial charge in [-0.2, -0.15) is 0 Å². The van der Waals surface area contributed by atoms with Crippen molar-refractivity contribution in [1.29, 1.82) is 0 Å². The third-order valence-corrected chi connectivity index (χ3v) is 7.20. The molecule has 1 saturated heterocycles. The van der Waals surface area contributed by atoms with E-state index in [4.69, 9.17) is 27.9 Å². The first-order valence-electron chi connectivity index (χ1n) is 11.1. The van der Waals surface area contributed by atoms with Crippen LogP contribution in [0.25, 0.3) is 11.3 Å². The quantitative estimate of drug-likeness (QED) is 0.217. The van der Waals surface area contributed by atoms with Gasteiger partial charge in [-0.05, 0) is 43.0 Å². The van der Waals surface area contributed by atoms with E-state index in [1.165, 1.54) is 23.5 Å². The zero-order valence-electron chi connectivity index (χ0n) is 19.2. The van der Waals surface area contributed by atoms with Crippen molar-refractivity contribution < 1.29 is 19.2 Å². The lowest BCUT2D eigenvalue weighted by Crippen LogP contribution is -2.34. The van der Waals surface area contributed by atoms with Crippen LogP contribution in [0.15, 0.2) is 41.8 Å². The van der Waals surface area contributed by atoms with Crippen molar-refractivity contribution >= 4 is 62.9 Å². The number of nitrogens with zero attached hydrogens (tertiary/aromatic N) is 3. The largest absolute Gasteiger partial charge is 0.452 e. The molecule has 1 N–H and O–H groups in total. The first kappa shape index (κ1) is 25.9. The van der Waals surface area contributed by atoms with Crippen molar-refractivity contribution in [3.05, 3.63) is 67.5 Å². The fourth-order valence-electron chi connectivity index (χ4n) is 3.96. The van der Waals surface area contributed by atoms with Crippen LogP contribution in [0, 0.1) is 16.0 Å². The molecule has 2 aromatic carbocycles. The van der Waals surface area contributed by atoms with Gasteiger partial charge in [0, 0.05) is 30.1 Å². The maximum absolute atomic E-state index is 12.5. The van der Waals surface area contributed by atoms with Crippen molar-refractivity contribution in [3.8, 4) is 11.3 Å². The first-order chi connectivity index (χ1) is 17.2. The number of carbonyl (C=O) groups excluding carboxylic acids is 2. The molecule has 1 aromatic heterocycles. The summed E-state index contributed by atoms with van der Waals surface area (Å²) >= 11 is 13.2. The standard InChI is InChI=1S/C24H22Cl2N4O5S/c1-14-3-2-8-29(11-14)20-7-5-16(10-21(20)30(33)34)23(32)35-12-22(31)28-24-27-19(13-36-24)15-4-6-17(25)18(26)9-15/h4-7,9-10,13-14H,2-3,8,11-12H2,1H3,(H,27,28,31)/t14-/m1/s1. The number of benzene rings is 2. The second-order valence-corrected chi connectivity index (χ2v) is 10.1. The van der Waals surface area contributed by atoms with E-state index in [0.29, 0.717) is 39.0 Å². The lowest BCUT2D eigenvalue weighted by Gasteiger charge is -2.32. The Morgan fingerprint density at radius 2 is 2.06 bits per heavy atom. The lowest BCUT2D eigenvalue weighted by molar-refractivity contribution is -0.384. The number of esters is 1. The average molecular weight is 549 g/mol. The van der Waals surface area contributed by atoms with Crippen LogP contribution >= 0.6 is 34.5 Å². The highest BCUT2D eigenvalue weighted by Crippen LogP contribution is 2.33. The van der Waals surface area contributed by atoms with E-state index in [0.717, 1.165) is 24.9 Å². The molecule has 1 fully saturated rings. The van der Waals surface area contributed by atoms with Crippen LogP contribution in [0.3, 0.4) is 0 Å². The number of nitro groups is 1. The zero-order valence-corrected chi connectivity index (χ0v) is 21.5. The highest BCUT2D eigenvalue weighted by molar-refractivity contribution is 7.14. The summed E-state index contributed by atoms with van der Waals surface area (Å²) in [5.74, 6) is -0.992. The number of piperidine rings is 1. The number of hydrogen-bond acceptors (Lipinski definition) is 8. The maximum Gasteiger partial charge on any atom is 0.338 e. The van der Waals surface area contributed by atoms with Gasteiger partial charge in [0.25, 0.3) is 11.6 Å². The Morgan fingerprint density at radius 1 is 1.25 bits per heavy atom. The number of carbonyl (C=O) groups is 2. The molecule has 9 nitrogen and oxygen atoms in total. The second kappa shape index (κ2) is 11.2. The fraction of sp³-hybridized carbons (Fsp3) is 0.292. The lowest BCUT2D eigenvalue weighted by atomic mass is 9.99. The van der Waals surface area contributed by atoms with E-state index in [2.05, 4.69) is 17.2 Å². The molecule has 12 heteroatoms. The number of hydrogen-bond donors (Lipinski definition) is 1. The number of rotatable bonds is 7. The van der Waals surface area contributed by atoms with Gasteiger partial charge in [-0.15, -0.1) is 11.3 Å². The van der Waals surface area contributed by atoms with Gasteiger partial charge in [0.2, 0.25) is 0 Å². The summed E-state index contributed by atoms with van der Waals surface area (Å²) in [5.41, 5.74) is 1.64.